The number of methoxy groups -OCH3 is 1. The summed E-state index contributed by atoms with van der Waals surface area (Å²) in [5.41, 5.74) is 12.1. The number of carbonyl (C=O) groups excluding carboxylic acids is 1. The van der Waals surface area contributed by atoms with Gasteiger partial charge in [0.1, 0.15) is 23.9 Å². The first-order valence-electron chi connectivity index (χ1n) is 13.8. The van der Waals surface area contributed by atoms with E-state index >= 15 is 0 Å². The molecule has 3 N–H and O–H groups in total. The van der Waals surface area contributed by atoms with E-state index in [1.165, 1.54) is 12.8 Å². The van der Waals surface area contributed by atoms with Crippen LogP contribution in [0.1, 0.15) is 61.0 Å². The number of nitrogens with zero attached hydrogens (tertiary/aromatic N) is 2. The fourth-order valence-electron chi connectivity index (χ4n) is 5.43. The van der Waals surface area contributed by atoms with Crippen LogP contribution in [0.4, 0.5) is 0 Å². The topological polar surface area (TPSA) is 112 Å². The first-order chi connectivity index (χ1) is 19.5. The molecule has 8 nitrogen and oxygen atoms in total. The minimum atomic E-state index is -0.291. The Morgan fingerprint density at radius 1 is 1.05 bits per heavy atom. The Morgan fingerprint density at radius 3 is 2.60 bits per heavy atom. The van der Waals surface area contributed by atoms with Crippen LogP contribution in [0, 0.1) is 5.41 Å². The summed E-state index contributed by atoms with van der Waals surface area (Å²) in [6, 6.07) is 20.2. The maximum Gasteiger partial charge on any atom is 0.310 e. The molecule has 1 fully saturated rings. The summed E-state index contributed by atoms with van der Waals surface area (Å²) in [6.45, 7) is 2.82. The highest BCUT2D eigenvalue weighted by Gasteiger charge is 2.23. The number of nitrogen functional groups attached to an aromatic ring is 1. The van der Waals surface area contributed by atoms with Crippen molar-refractivity contribution in [1.29, 1.82) is 5.41 Å². The van der Waals surface area contributed by atoms with Crippen molar-refractivity contribution in [3.05, 3.63) is 83.0 Å². The van der Waals surface area contributed by atoms with E-state index in [0.717, 1.165) is 51.7 Å². The van der Waals surface area contributed by atoms with E-state index in [2.05, 4.69) is 22.9 Å². The molecule has 1 heterocycles. The second-order valence-electron chi connectivity index (χ2n) is 10.2. The zero-order chi connectivity index (χ0) is 28.1. The second-order valence-corrected chi connectivity index (χ2v) is 10.2. The van der Waals surface area contributed by atoms with Gasteiger partial charge in [0.15, 0.2) is 0 Å². The number of hydrogen-bond donors (Lipinski definition) is 2. The van der Waals surface area contributed by atoms with E-state index in [1.54, 1.807) is 14.0 Å². The molecule has 0 spiro atoms. The quantitative estimate of drug-likeness (QED) is 0.138. The predicted molar refractivity (Wildman–Crippen MR) is 156 cm³/mol. The third-order valence-electron chi connectivity index (χ3n) is 7.41. The van der Waals surface area contributed by atoms with Crippen LogP contribution in [0.2, 0.25) is 0 Å². The SMILES string of the molecule is CCOC(=O)Cc1ccc(COC)cc1OCc1nn(C2CCCC2)c2ccc(-c3cccc(C(=N)N)c3)cc12. The first kappa shape index (κ1) is 27.4. The molecule has 0 unspecified atom stereocenters. The maximum atomic E-state index is 12.3. The van der Waals surface area contributed by atoms with Gasteiger partial charge in [-0.1, -0.05) is 49.2 Å². The van der Waals surface area contributed by atoms with Crippen molar-refractivity contribution in [2.75, 3.05) is 13.7 Å². The van der Waals surface area contributed by atoms with Crippen molar-refractivity contribution in [3.63, 3.8) is 0 Å². The lowest BCUT2D eigenvalue weighted by atomic mass is 10.0. The molecule has 0 bridgehead atoms. The number of fused-ring (bicyclic) bond motifs is 1. The first-order valence-corrected chi connectivity index (χ1v) is 13.8. The molecule has 3 aromatic carbocycles. The highest BCUT2D eigenvalue weighted by Crippen LogP contribution is 2.35. The van der Waals surface area contributed by atoms with Gasteiger partial charge in [-0.25, -0.2) is 0 Å². The largest absolute Gasteiger partial charge is 0.487 e. The normalized spacial score (nSPS) is 13.6. The molecule has 40 heavy (non-hydrogen) atoms. The molecule has 0 saturated heterocycles. The highest BCUT2D eigenvalue weighted by molar-refractivity contribution is 5.96. The van der Waals surface area contributed by atoms with Gasteiger partial charge in [0, 0.05) is 23.6 Å². The van der Waals surface area contributed by atoms with Crippen molar-refractivity contribution in [1.82, 2.24) is 9.78 Å². The number of hydrogen-bond acceptors (Lipinski definition) is 6. The summed E-state index contributed by atoms with van der Waals surface area (Å²) in [5, 5.41) is 13.9. The highest BCUT2D eigenvalue weighted by atomic mass is 16.5. The van der Waals surface area contributed by atoms with Crippen LogP contribution >= 0.6 is 0 Å². The number of aromatic nitrogens is 2. The van der Waals surface area contributed by atoms with Gasteiger partial charge in [-0.05, 0) is 60.7 Å². The van der Waals surface area contributed by atoms with E-state index in [4.69, 9.17) is 30.5 Å². The fourth-order valence-corrected chi connectivity index (χ4v) is 5.43. The number of benzene rings is 3. The molecule has 1 aliphatic carbocycles. The fraction of sp³-hybridized carbons (Fsp3) is 0.344. The van der Waals surface area contributed by atoms with Crippen LogP contribution in [-0.4, -0.2) is 35.3 Å². The molecule has 8 heteroatoms. The molecule has 4 aromatic rings. The van der Waals surface area contributed by atoms with Crippen molar-refractivity contribution in [2.24, 2.45) is 5.73 Å². The number of nitrogens with one attached hydrogen (secondary N) is 1. The number of amidine groups is 1. The Morgan fingerprint density at radius 2 is 1.85 bits per heavy atom. The van der Waals surface area contributed by atoms with Gasteiger partial charge in [-0.15, -0.1) is 0 Å². The smallest absolute Gasteiger partial charge is 0.310 e. The summed E-state index contributed by atoms with van der Waals surface area (Å²) >= 11 is 0. The second kappa shape index (κ2) is 12.3. The van der Waals surface area contributed by atoms with Gasteiger partial charge < -0.3 is 19.9 Å². The van der Waals surface area contributed by atoms with Crippen LogP contribution in [0.3, 0.4) is 0 Å². The molecule has 0 aliphatic heterocycles. The van der Waals surface area contributed by atoms with Crippen LogP contribution < -0.4 is 10.5 Å². The summed E-state index contributed by atoms with van der Waals surface area (Å²) in [5.74, 6) is 0.372. The number of ether oxygens (including phenoxy) is 3. The van der Waals surface area contributed by atoms with Crippen LogP contribution in [0.15, 0.2) is 60.7 Å². The Bertz CT molecular complexity index is 1520. The molecule has 208 valence electrons. The van der Waals surface area contributed by atoms with Gasteiger partial charge in [-0.3, -0.25) is 14.9 Å². The van der Waals surface area contributed by atoms with E-state index in [9.17, 15) is 4.79 Å². The average molecular weight is 541 g/mol. The molecule has 0 atom stereocenters. The van der Waals surface area contributed by atoms with Gasteiger partial charge in [-0.2, -0.15) is 5.10 Å². The summed E-state index contributed by atoms with van der Waals surface area (Å²) in [6.07, 6.45) is 4.77. The third kappa shape index (κ3) is 6.02. The van der Waals surface area contributed by atoms with Gasteiger partial charge in [0.2, 0.25) is 0 Å². The van der Waals surface area contributed by atoms with Crippen molar-refractivity contribution in [2.45, 2.75) is 58.3 Å². The molecule has 1 saturated carbocycles. The van der Waals surface area contributed by atoms with Gasteiger partial charge >= 0.3 is 5.97 Å². The lowest BCUT2D eigenvalue weighted by Crippen LogP contribution is -2.10. The maximum absolute atomic E-state index is 12.3. The number of esters is 1. The average Bonchev–Trinajstić information content (AvgIpc) is 3.61. The Hall–Kier alpha value is -4.17. The molecule has 0 amide bonds. The minimum absolute atomic E-state index is 0.0420. The third-order valence-corrected chi connectivity index (χ3v) is 7.41. The van der Waals surface area contributed by atoms with Crippen LogP contribution in [0.5, 0.6) is 5.75 Å². The monoisotopic (exact) mass is 540 g/mol. The van der Waals surface area contributed by atoms with Gasteiger partial charge in [0.25, 0.3) is 0 Å². The number of carbonyl (C=O) groups is 1. The summed E-state index contributed by atoms with van der Waals surface area (Å²) < 4.78 is 19.0. The standard InChI is InChI=1S/C32H36N4O4/c1-3-39-31(37)18-24-12-11-21(19-38-2)15-30(24)40-20-28-27-17-23(22-7-6-8-25(16-22)32(33)34)13-14-29(27)36(35-28)26-9-4-5-10-26/h6-8,11-17,26H,3-5,9-10,18-20H2,1-2H3,(H3,33,34). The van der Waals surface area contributed by atoms with E-state index in [-0.39, 0.29) is 24.8 Å². The molecular weight excluding hydrogens is 504 g/mol. The van der Waals surface area contributed by atoms with Crippen molar-refractivity contribution < 1.29 is 19.0 Å². The van der Waals surface area contributed by atoms with Crippen LogP contribution in [0.25, 0.3) is 22.0 Å². The summed E-state index contributed by atoms with van der Waals surface area (Å²) in [7, 11) is 1.65. The van der Waals surface area contributed by atoms with Crippen molar-refractivity contribution in [3.8, 4) is 16.9 Å². The van der Waals surface area contributed by atoms with Gasteiger partial charge in [0.05, 0.1) is 31.2 Å². The molecule has 1 aliphatic rings. The molecule has 1 aromatic heterocycles. The Labute approximate surface area is 234 Å². The molecule has 0 radical (unpaired) electrons. The van der Waals surface area contributed by atoms with E-state index < -0.39 is 0 Å². The lowest BCUT2D eigenvalue weighted by molar-refractivity contribution is -0.142. The predicted octanol–water partition coefficient (Wildman–Crippen LogP) is 5.93. The minimum Gasteiger partial charge on any atom is -0.487 e. The molecular formula is C32H36N4O4. The summed E-state index contributed by atoms with van der Waals surface area (Å²) in [4.78, 5) is 12.3. The van der Waals surface area contributed by atoms with Crippen molar-refractivity contribution >= 4 is 22.7 Å². The lowest BCUT2D eigenvalue weighted by Gasteiger charge is -2.13. The zero-order valence-electron chi connectivity index (χ0n) is 23.1. The van der Waals surface area contributed by atoms with Crippen LogP contribution in [-0.2, 0) is 33.9 Å². The number of rotatable bonds is 11. The Balaban J connectivity index is 1.51. The van der Waals surface area contributed by atoms with E-state index in [1.807, 2.05) is 42.5 Å². The van der Waals surface area contributed by atoms with E-state index in [0.29, 0.717) is 30.6 Å². The number of nitrogens with two attached hydrogens (primary N) is 1. The molecule has 5 rings (SSSR count). The Kier molecular flexibility index (Phi) is 8.45. The zero-order valence-corrected chi connectivity index (χ0v) is 23.1.